The first kappa shape index (κ1) is 15.9. The van der Waals surface area contributed by atoms with Crippen LogP contribution in [-0.2, 0) is 0 Å². The zero-order valence-corrected chi connectivity index (χ0v) is 14.2. The molecule has 3 nitrogen and oxygen atoms in total. The number of fused-ring (bicyclic) bond motifs is 1. The van der Waals surface area contributed by atoms with Gasteiger partial charge in [-0.15, -0.1) is 0 Å². The number of carbonyl (C=O) groups excluding carboxylic acids is 1. The van der Waals surface area contributed by atoms with Crippen LogP contribution in [0.25, 0.3) is 16.5 Å². The minimum absolute atomic E-state index is 0.0633. The van der Waals surface area contributed by atoms with E-state index in [0.717, 1.165) is 11.9 Å². The molecule has 1 amide bonds. The van der Waals surface area contributed by atoms with Crippen LogP contribution in [0.4, 0.5) is 4.39 Å². The second-order valence-electron chi connectivity index (χ2n) is 6.10. The SMILES string of the molecule is O=C(c1ccc(Cl)cc1F)N1CC=C(c2c[nH]c3ccccc23)CC1. The summed E-state index contributed by atoms with van der Waals surface area (Å²) < 4.78 is 14.0. The van der Waals surface area contributed by atoms with Gasteiger partial charge in [0.25, 0.3) is 5.91 Å². The summed E-state index contributed by atoms with van der Waals surface area (Å²) in [5.74, 6) is -0.882. The molecule has 1 aliphatic heterocycles. The van der Waals surface area contributed by atoms with Gasteiger partial charge in [-0.2, -0.15) is 0 Å². The fraction of sp³-hybridized carbons (Fsp3) is 0.150. The highest BCUT2D eigenvalue weighted by Gasteiger charge is 2.22. The molecule has 2 aromatic carbocycles. The summed E-state index contributed by atoms with van der Waals surface area (Å²) in [6.07, 6.45) is 4.79. The molecule has 0 radical (unpaired) electrons. The van der Waals surface area contributed by atoms with Crippen LogP contribution in [0, 0.1) is 5.82 Å². The number of hydrogen-bond donors (Lipinski definition) is 1. The molecule has 0 aliphatic carbocycles. The number of amides is 1. The van der Waals surface area contributed by atoms with Crippen molar-refractivity contribution >= 4 is 34.0 Å². The summed E-state index contributed by atoms with van der Waals surface area (Å²) in [5, 5.41) is 1.46. The maximum atomic E-state index is 14.0. The number of aromatic amines is 1. The largest absolute Gasteiger partial charge is 0.361 e. The molecule has 5 heteroatoms. The Bertz CT molecular complexity index is 992. The number of nitrogens with one attached hydrogen (secondary N) is 1. The first-order valence-corrected chi connectivity index (χ1v) is 8.51. The lowest BCUT2D eigenvalue weighted by atomic mass is 9.98. The Morgan fingerprint density at radius 2 is 2.04 bits per heavy atom. The van der Waals surface area contributed by atoms with Crippen molar-refractivity contribution in [1.29, 1.82) is 0 Å². The predicted octanol–water partition coefficient (Wildman–Crippen LogP) is 4.89. The van der Waals surface area contributed by atoms with Crippen molar-refractivity contribution in [3.8, 4) is 0 Å². The number of aromatic nitrogens is 1. The van der Waals surface area contributed by atoms with Gasteiger partial charge in [0.2, 0.25) is 0 Å². The first-order chi connectivity index (χ1) is 12.1. The first-order valence-electron chi connectivity index (χ1n) is 8.13. The number of benzene rings is 2. The zero-order valence-electron chi connectivity index (χ0n) is 13.4. The average molecular weight is 355 g/mol. The van der Waals surface area contributed by atoms with Gasteiger partial charge < -0.3 is 9.88 Å². The Morgan fingerprint density at radius 3 is 2.80 bits per heavy atom. The topological polar surface area (TPSA) is 36.1 Å². The maximum Gasteiger partial charge on any atom is 0.257 e. The Labute approximate surface area is 149 Å². The van der Waals surface area contributed by atoms with Crippen molar-refractivity contribution in [2.45, 2.75) is 6.42 Å². The van der Waals surface area contributed by atoms with Gasteiger partial charge in [-0.05, 0) is 36.3 Å². The third-order valence-corrected chi connectivity index (χ3v) is 4.83. The molecule has 0 spiro atoms. The van der Waals surface area contributed by atoms with E-state index in [1.807, 2.05) is 30.5 Å². The lowest BCUT2D eigenvalue weighted by Gasteiger charge is -2.26. The average Bonchev–Trinajstić information content (AvgIpc) is 3.05. The van der Waals surface area contributed by atoms with Crippen molar-refractivity contribution < 1.29 is 9.18 Å². The van der Waals surface area contributed by atoms with Crippen LogP contribution < -0.4 is 0 Å². The standard InChI is InChI=1S/C20H16ClFN2O/c21-14-5-6-16(18(22)11-14)20(25)24-9-7-13(8-10-24)17-12-23-19-4-2-1-3-15(17)19/h1-7,11-12,23H,8-10H2. The second-order valence-corrected chi connectivity index (χ2v) is 6.54. The fourth-order valence-corrected chi connectivity index (χ4v) is 3.43. The summed E-state index contributed by atoms with van der Waals surface area (Å²) in [6.45, 7) is 1.03. The Balaban J connectivity index is 1.56. The van der Waals surface area contributed by atoms with Crippen LogP contribution in [-0.4, -0.2) is 28.9 Å². The normalized spacial score (nSPS) is 14.6. The third-order valence-electron chi connectivity index (χ3n) is 4.59. The lowest BCUT2D eigenvalue weighted by Crippen LogP contribution is -2.35. The minimum atomic E-state index is -0.580. The molecule has 0 unspecified atom stereocenters. The van der Waals surface area contributed by atoms with Crippen LogP contribution in [0.1, 0.15) is 22.3 Å². The predicted molar refractivity (Wildman–Crippen MR) is 98.2 cm³/mol. The molecule has 0 bridgehead atoms. The Hall–Kier alpha value is -2.59. The number of H-pyrrole nitrogens is 1. The van der Waals surface area contributed by atoms with Gasteiger partial charge in [-0.1, -0.05) is 35.9 Å². The Kier molecular flexibility index (Phi) is 4.06. The van der Waals surface area contributed by atoms with Crippen molar-refractivity contribution in [3.05, 3.63) is 76.7 Å². The highest BCUT2D eigenvalue weighted by atomic mass is 35.5. The Morgan fingerprint density at radius 1 is 1.20 bits per heavy atom. The van der Waals surface area contributed by atoms with Crippen molar-refractivity contribution in [1.82, 2.24) is 9.88 Å². The summed E-state index contributed by atoms with van der Waals surface area (Å²) in [7, 11) is 0. The smallest absolute Gasteiger partial charge is 0.257 e. The molecule has 0 saturated carbocycles. The number of carbonyl (C=O) groups is 1. The van der Waals surface area contributed by atoms with Gasteiger partial charge in [-0.25, -0.2) is 4.39 Å². The zero-order chi connectivity index (χ0) is 17.4. The van der Waals surface area contributed by atoms with E-state index < -0.39 is 5.82 Å². The van der Waals surface area contributed by atoms with E-state index in [-0.39, 0.29) is 16.5 Å². The van der Waals surface area contributed by atoms with E-state index in [9.17, 15) is 9.18 Å². The van der Waals surface area contributed by atoms with Gasteiger partial charge in [0.1, 0.15) is 5.82 Å². The number of para-hydroxylation sites is 1. The number of hydrogen-bond acceptors (Lipinski definition) is 1. The van der Waals surface area contributed by atoms with E-state index in [4.69, 9.17) is 11.6 Å². The molecular formula is C20H16ClFN2O. The van der Waals surface area contributed by atoms with E-state index >= 15 is 0 Å². The van der Waals surface area contributed by atoms with Crippen LogP contribution in [0.5, 0.6) is 0 Å². The number of nitrogens with zero attached hydrogens (tertiary/aromatic N) is 1. The van der Waals surface area contributed by atoms with E-state index in [1.165, 1.54) is 34.7 Å². The molecule has 3 aromatic rings. The molecule has 4 rings (SSSR count). The van der Waals surface area contributed by atoms with Crippen molar-refractivity contribution in [3.63, 3.8) is 0 Å². The fourth-order valence-electron chi connectivity index (χ4n) is 3.27. The molecule has 0 fully saturated rings. The highest BCUT2D eigenvalue weighted by molar-refractivity contribution is 6.30. The van der Waals surface area contributed by atoms with E-state index in [1.54, 1.807) is 4.90 Å². The lowest BCUT2D eigenvalue weighted by molar-refractivity contribution is 0.0768. The van der Waals surface area contributed by atoms with Gasteiger partial charge in [0, 0.05) is 40.8 Å². The molecule has 126 valence electrons. The van der Waals surface area contributed by atoms with Gasteiger partial charge >= 0.3 is 0 Å². The van der Waals surface area contributed by atoms with Gasteiger partial charge in [0.05, 0.1) is 5.56 Å². The quantitative estimate of drug-likeness (QED) is 0.698. The summed E-state index contributed by atoms with van der Waals surface area (Å²) in [4.78, 5) is 17.5. The monoisotopic (exact) mass is 354 g/mol. The molecule has 25 heavy (non-hydrogen) atoms. The van der Waals surface area contributed by atoms with Gasteiger partial charge in [0.15, 0.2) is 0 Å². The molecule has 0 atom stereocenters. The van der Waals surface area contributed by atoms with Crippen molar-refractivity contribution in [2.24, 2.45) is 0 Å². The highest BCUT2D eigenvalue weighted by Crippen LogP contribution is 2.29. The minimum Gasteiger partial charge on any atom is -0.361 e. The molecular weight excluding hydrogens is 339 g/mol. The van der Waals surface area contributed by atoms with Gasteiger partial charge in [-0.3, -0.25) is 4.79 Å². The number of halogens is 2. The molecule has 1 aromatic heterocycles. The third kappa shape index (κ3) is 2.94. The van der Waals surface area contributed by atoms with Crippen LogP contribution in [0.15, 0.2) is 54.7 Å². The molecule has 1 N–H and O–H groups in total. The van der Waals surface area contributed by atoms with Crippen LogP contribution >= 0.6 is 11.6 Å². The summed E-state index contributed by atoms with van der Waals surface area (Å²) >= 11 is 5.75. The maximum absolute atomic E-state index is 14.0. The van der Waals surface area contributed by atoms with E-state index in [0.29, 0.717) is 13.1 Å². The van der Waals surface area contributed by atoms with E-state index in [2.05, 4.69) is 11.1 Å². The second kappa shape index (κ2) is 6.37. The number of rotatable bonds is 2. The molecule has 1 aliphatic rings. The summed E-state index contributed by atoms with van der Waals surface area (Å²) in [6, 6.07) is 12.3. The summed E-state index contributed by atoms with van der Waals surface area (Å²) in [5.41, 5.74) is 3.53. The molecule has 2 heterocycles. The van der Waals surface area contributed by atoms with Crippen LogP contribution in [0.2, 0.25) is 5.02 Å². The van der Waals surface area contributed by atoms with Crippen molar-refractivity contribution in [2.75, 3.05) is 13.1 Å². The molecule has 0 saturated heterocycles. The van der Waals surface area contributed by atoms with Crippen LogP contribution in [0.3, 0.4) is 0 Å².